The number of nitrogens with zero attached hydrogens (tertiary/aromatic N) is 6. The molecule has 0 N–H and O–H groups in total. The Morgan fingerprint density at radius 2 is 0.702 bits per heavy atom. The highest BCUT2D eigenvalue weighted by Crippen LogP contribution is 2.41. The van der Waals surface area contributed by atoms with Gasteiger partial charge < -0.3 is 4.40 Å². The molecule has 6 heteroatoms. The molecule has 0 saturated carbocycles. The summed E-state index contributed by atoms with van der Waals surface area (Å²) in [6.07, 6.45) is 0. The Balaban J connectivity index is 1.11. The van der Waals surface area contributed by atoms with Crippen LogP contribution in [0.2, 0.25) is 0 Å². The SMILES string of the molecule is c1ccc(-c2ccc3c(c2)c2ccccc2n3-c2nc(-c3ccc4c(c3)c3cccc5c6ccccc6n4c53)nc(-n3c4ccccc4c4ccccc43)n2)cc1. The van der Waals surface area contributed by atoms with Crippen LogP contribution in [0.25, 0.3) is 116 Å². The minimum absolute atomic E-state index is 0.565. The molecule has 57 heavy (non-hydrogen) atoms. The first-order chi connectivity index (χ1) is 28.3. The monoisotopic (exact) mass is 726 g/mol. The maximum Gasteiger partial charge on any atom is 0.240 e. The van der Waals surface area contributed by atoms with Crippen molar-refractivity contribution in [2.24, 2.45) is 0 Å². The highest BCUT2D eigenvalue weighted by atomic mass is 15.3. The fraction of sp³-hybridized carbons (Fsp3) is 0. The van der Waals surface area contributed by atoms with Crippen LogP contribution >= 0.6 is 0 Å². The van der Waals surface area contributed by atoms with E-state index in [1.165, 1.54) is 49.2 Å². The summed E-state index contributed by atoms with van der Waals surface area (Å²) in [7, 11) is 0. The van der Waals surface area contributed by atoms with E-state index in [4.69, 9.17) is 15.0 Å². The van der Waals surface area contributed by atoms with Gasteiger partial charge in [0, 0.05) is 48.7 Å². The molecule has 0 radical (unpaired) electrons. The van der Waals surface area contributed by atoms with E-state index >= 15 is 0 Å². The third kappa shape index (κ3) is 4.21. The molecule has 5 heterocycles. The average molecular weight is 727 g/mol. The lowest BCUT2D eigenvalue weighted by molar-refractivity contribution is 0.893. The van der Waals surface area contributed by atoms with Gasteiger partial charge in [-0.25, -0.2) is 0 Å². The van der Waals surface area contributed by atoms with Crippen molar-refractivity contribution in [2.75, 3.05) is 0 Å². The normalized spacial score (nSPS) is 12.2. The van der Waals surface area contributed by atoms with Crippen LogP contribution < -0.4 is 0 Å². The first-order valence-electron chi connectivity index (χ1n) is 19.3. The lowest BCUT2D eigenvalue weighted by Gasteiger charge is -2.13. The summed E-state index contributed by atoms with van der Waals surface area (Å²) in [6, 6.07) is 64.8. The zero-order valence-corrected chi connectivity index (χ0v) is 30.5. The van der Waals surface area contributed by atoms with Gasteiger partial charge in [0.1, 0.15) is 0 Å². The quantitative estimate of drug-likeness (QED) is 0.181. The Morgan fingerprint density at radius 3 is 1.35 bits per heavy atom. The van der Waals surface area contributed by atoms with Gasteiger partial charge >= 0.3 is 0 Å². The summed E-state index contributed by atoms with van der Waals surface area (Å²) in [4.78, 5) is 16.1. The van der Waals surface area contributed by atoms with Gasteiger partial charge in [-0.15, -0.1) is 0 Å². The number of para-hydroxylation sites is 5. The number of hydrogen-bond acceptors (Lipinski definition) is 3. The van der Waals surface area contributed by atoms with Crippen molar-refractivity contribution in [2.45, 2.75) is 0 Å². The van der Waals surface area contributed by atoms with Crippen LogP contribution in [0.4, 0.5) is 0 Å². The van der Waals surface area contributed by atoms with Crippen molar-refractivity contribution in [1.82, 2.24) is 28.5 Å². The molecule has 0 amide bonds. The third-order valence-corrected chi connectivity index (χ3v) is 11.9. The summed E-state index contributed by atoms with van der Waals surface area (Å²) in [5.41, 5.74) is 11.1. The lowest BCUT2D eigenvalue weighted by Crippen LogP contribution is -2.10. The molecule has 0 aliphatic heterocycles. The van der Waals surface area contributed by atoms with E-state index in [2.05, 4.69) is 196 Å². The molecule has 8 aromatic carbocycles. The van der Waals surface area contributed by atoms with E-state index in [9.17, 15) is 0 Å². The van der Waals surface area contributed by atoms with E-state index in [1.54, 1.807) is 0 Å². The molecule has 5 aromatic heterocycles. The number of rotatable bonds is 4. The van der Waals surface area contributed by atoms with E-state index in [0.29, 0.717) is 17.7 Å². The van der Waals surface area contributed by atoms with Crippen LogP contribution in [0.15, 0.2) is 182 Å². The first-order valence-corrected chi connectivity index (χ1v) is 19.3. The second-order valence-electron chi connectivity index (χ2n) is 14.9. The molecular weight excluding hydrogens is 697 g/mol. The second-order valence-corrected chi connectivity index (χ2v) is 14.9. The van der Waals surface area contributed by atoms with Gasteiger partial charge in [0.25, 0.3) is 0 Å². The number of benzene rings is 8. The molecule has 264 valence electrons. The molecule has 0 aliphatic rings. The highest BCUT2D eigenvalue weighted by molar-refractivity contribution is 6.23. The highest BCUT2D eigenvalue weighted by Gasteiger charge is 2.22. The summed E-state index contributed by atoms with van der Waals surface area (Å²) in [5.74, 6) is 1.74. The van der Waals surface area contributed by atoms with Gasteiger partial charge in [0.05, 0.1) is 38.6 Å². The van der Waals surface area contributed by atoms with Crippen LogP contribution in [0, 0.1) is 0 Å². The van der Waals surface area contributed by atoms with Gasteiger partial charge in [0.2, 0.25) is 11.9 Å². The van der Waals surface area contributed by atoms with Crippen molar-refractivity contribution in [3.8, 4) is 34.4 Å². The van der Waals surface area contributed by atoms with Crippen LogP contribution in [0.5, 0.6) is 0 Å². The molecule has 0 aliphatic carbocycles. The first kappa shape index (κ1) is 30.5. The third-order valence-electron chi connectivity index (χ3n) is 11.9. The van der Waals surface area contributed by atoms with Crippen molar-refractivity contribution in [1.29, 1.82) is 0 Å². The Hall–Kier alpha value is -7.83. The van der Waals surface area contributed by atoms with Gasteiger partial charge in [-0.3, -0.25) is 9.13 Å². The van der Waals surface area contributed by atoms with E-state index in [-0.39, 0.29) is 0 Å². The smallest absolute Gasteiger partial charge is 0.240 e. The lowest BCUT2D eigenvalue weighted by atomic mass is 10.0. The van der Waals surface area contributed by atoms with Crippen molar-refractivity contribution in [3.63, 3.8) is 0 Å². The van der Waals surface area contributed by atoms with Crippen LogP contribution in [0.1, 0.15) is 0 Å². The van der Waals surface area contributed by atoms with Crippen LogP contribution in [0.3, 0.4) is 0 Å². The van der Waals surface area contributed by atoms with Gasteiger partial charge in [0.15, 0.2) is 5.82 Å². The van der Waals surface area contributed by atoms with Crippen LogP contribution in [-0.2, 0) is 0 Å². The van der Waals surface area contributed by atoms with E-state index in [1.807, 2.05) is 0 Å². The van der Waals surface area contributed by atoms with Crippen molar-refractivity contribution < 1.29 is 0 Å². The molecule has 0 bridgehead atoms. The maximum atomic E-state index is 5.39. The molecule has 13 rings (SSSR count). The van der Waals surface area contributed by atoms with Gasteiger partial charge in [-0.1, -0.05) is 127 Å². The molecule has 0 spiro atoms. The fourth-order valence-electron chi connectivity index (χ4n) is 9.39. The average Bonchev–Trinajstić information content (AvgIpc) is 4.01. The Bertz CT molecular complexity index is 3700. The Kier molecular flexibility index (Phi) is 6.07. The van der Waals surface area contributed by atoms with Gasteiger partial charge in [-0.05, 0) is 65.7 Å². The Morgan fingerprint density at radius 1 is 0.281 bits per heavy atom. The number of fused-ring (bicyclic) bond motifs is 12. The molecule has 0 saturated heterocycles. The summed E-state index contributed by atoms with van der Waals surface area (Å²) in [6.45, 7) is 0. The maximum absolute atomic E-state index is 5.39. The molecule has 13 aromatic rings. The van der Waals surface area contributed by atoms with Crippen molar-refractivity contribution >= 4 is 81.7 Å². The van der Waals surface area contributed by atoms with Crippen LogP contribution in [-0.4, -0.2) is 28.5 Å². The van der Waals surface area contributed by atoms with Crippen molar-refractivity contribution in [3.05, 3.63) is 182 Å². The van der Waals surface area contributed by atoms with E-state index in [0.717, 1.165) is 49.2 Å². The van der Waals surface area contributed by atoms with E-state index < -0.39 is 0 Å². The minimum atomic E-state index is 0.565. The topological polar surface area (TPSA) is 52.9 Å². The largest absolute Gasteiger partial charge is 0.308 e. The summed E-state index contributed by atoms with van der Waals surface area (Å²) in [5, 5.41) is 9.52. The number of aromatic nitrogens is 6. The summed E-state index contributed by atoms with van der Waals surface area (Å²) >= 11 is 0. The molecule has 0 atom stereocenters. The molecule has 0 unspecified atom stereocenters. The van der Waals surface area contributed by atoms with Gasteiger partial charge in [-0.2, -0.15) is 15.0 Å². The molecule has 6 nitrogen and oxygen atoms in total. The predicted octanol–water partition coefficient (Wildman–Crippen LogP) is 12.5. The number of hydrogen-bond donors (Lipinski definition) is 0. The Labute approximate surface area is 325 Å². The minimum Gasteiger partial charge on any atom is -0.308 e. The second kappa shape index (κ2) is 11.4. The molecular formula is C51H30N6. The fourth-order valence-corrected chi connectivity index (χ4v) is 9.39. The predicted molar refractivity (Wildman–Crippen MR) is 234 cm³/mol. The standard InChI is InChI=1S/C51H30N6/c1-2-13-31(14-3-1)32-25-27-47-40(29-32)37-18-7-11-24-45(37)57(47)51-53-49(52-50(54-51)56-43-22-9-4-15-34(43)35-16-5-10-23-44(35)56)33-26-28-46-41(30-33)39-20-12-19-38-36-17-6-8-21-42(36)55(46)48(38)39/h1-30H. The zero-order chi connectivity index (χ0) is 37.2. The zero-order valence-electron chi connectivity index (χ0n) is 30.5. The summed E-state index contributed by atoms with van der Waals surface area (Å²) < 4.78 is 6.80. The molecule has 0 fully saturated rings.